The van der Waals surface area contributed by atoms with Gasteiger partial charge < -0.3 is 10.2 Å². The molecule has 0 bridgehead atoms. The van der Waals surface area contributed by atoms with Gasteiger partial charge in [-0.15, -0.1) is 0 Å². The first-order valence-electron chi connectivity index (χ1n) is 12.3. The fourth-order valence-electron chi connectivity index (χ4n) is 4.17. The van der Waals surface area contributed by atoms with Crippen molar-refractivity contribution in [1.82, 2.24) is 15.3 Å². The van der Waals surface area contributed by atoms with Gasteiger partial charge in [0.15, 0.2) is 5.82 Å². The zero-order chi connectivity index (χ0) is 27.3. The van der Waals surface area contributed by atoms with Crippen LogP contribution in [0.4, 0.5) is 19.0 Å². The molecular formula is C29H28BrF3N4O. The lowest BCUT2D eigenvalue weighted by Crippen LogP contribution is -2.34. The van der Waals surface area contributed by atoms with Gasteiger partial charge in [-0.3, -0.25) is 4.79 Å². The molecule has 0 unspecified atom stereocenters. The molecule has 198 valence electrons. The van der Waals surface area contributed by atoms with Crippen LogP contribution in [0, 0.1) is 5.92 Å². The maximum absolute atomic E-state index is 13.0. The van der Waals surface area contributed by atoms with Crippen molar-refractivity contribution in [2.24, 2.45) is 5.92 Å². The summed E-state index contributed by atoms with van der Waals surface area (Å²) in [5, 5.41) is 3.63. The number of alkyl halides is 3. The minimum absolute atomic E-state index is 0.0242. The highest BCUT2D eigenvalue weighted by molar-refractivity contribution is 9.10. The maximum atomic E-state index is 13.0. The van der Waals surface area contributed by atoms with Crippen LogP contribution in [-0.2, 0) is 17.5 Å². The topological polar surface area (TPSA) is 58.1 Å². The Bertz CT molecular complexity index is 1420. The Morgan fingerprint density at radius 3 is 2.50 bits per heavy atom. The zero-order valence-electron chi connectivity index (χ0n) is 21.1. The minimum atomic E-state index is -4.42. The lowest BCUT2D eigenvalue weighted by atomic mass is 10.1. The van der Waals surface area contributed by atoms with Crippen LogP contribution in [0.15, 0.2) is 77.3 Å². The second-order valence-electron chi connectivity index (χ2n) is 9.46. The normalized spacial score (nSPS) is 11.7. The SMILES string of the molecule is CC(C)CN(CCC(=O)NCc1cccc(C(F)(F)F)c1)c1nc(-c2cccc(Br)c2)nc2ccccc12. The predicted octanol–water partition coefficient (Wildman–Crippen LogP) is 7.25. The van der Waals surface area contributed by atoms with Crippen molar-refractivity contribution in [3.63, 3.8) is 0 Å². The molecule has 3 aromatic carbocycles. The monoisotopic (exact) mass is 584 g/mol. The number of carbonyl (C=O) groups excluding carboxylic acids is 1. The summed E-state index contributed by atoms with van der Waals surface area (Å²) in [4.78, 5) is 24.5. The lowest BCUT2D eigenvalue weighted by molar-refractivity contribution is -0.137. The van der Waals surface area contributed by atoms with Gasteiger partial charge in [-0.25, -0.2) is 9.97 Å². The number of hydrogen-bond acceptors (Lipinski definition) is 4. The molecule has 4 rings (SSSR count). The maximum Gasteiger partial charge on any atom is 0.416 e. The Labute approximate surface area is 228 Å². The summed E-state index contributed by atoms with van der Waals surface area (Å²) in [5.41, 5.74) is 1.34. The van der Waals surface area contributed by atoms with Crippen LogP contribution in [-0.4, -0.2) is 29.0 Å². The molecule has 9 heteroatoms. The number of nitrogens with zero attached hydrogens (tertiary/aromatic N) is 3. The summed E-state index contributed by atoms with van der Waals surface area (Å²) in [6.45, 7) is 5.28. The van der Waals surface area contributed by atoms with Gasteiger partial charge in [0.05, 0.1) is 11.1 Å². The third-order valence-electron chi connectivity index (χ3n) is 5.90. The van der Waals surface area contributed by atoms with Crippen molar-refractivity contribution in [3.8, 4) is 11.4 Å². The largest absolute Gasteiger partial charge is 0.416 e. The van der Waals surface area contributed by atoms with Crippen LogP contribution in [0.3, 0.4) is 0 Å². The molecule has 0 atom stereocenters. The van der Waals surface area contributed by atoms with Crippen molar-refractivity contribution in [2.75, 3.05) is 18.0 Å². The molecule has 0 radical (unpaired) electrons. The first kappa shape index (κ1) is 27.6. The fraction of sp³-hybridized carbons (Fsp3) is 0.276. The summed E-state index contributed by atoms with van der Waals surface area (Å²) in [6.07, 6.45) is -4.26. The molecule has 1 N–H and O–H groups in total. The molecule has 0 saturated carbocycles. The summed E-state index contributed by atoms with van der Waals surface area (Å²) >= 11 is 3.51. The number of carbonyl (C=O) groups is 1. The van der Waals surface area contributed by atoms with Gasteiger partial charge >= 0.3 is 6.18 Å². The van der Waals surface area contributed by atoms with E-state index >= 15 is 0 Å². The standard InChI is InChI=1S/C29H28BrF3N4O/c1-19(2)18-37(14-13-26(38)34-17-20-7-5-9-22(15-20)29(31,32)33)28-24-11-3-4-12-25(24)35-27(36-28)21-8-6-10-23(30)16-21/h3-12,15-16,19H,13-14,17-18H2,1-2H3,(H,34,38). The average Bonchev–Trinajstić information content (AvgIpc) is 2.88. The van der Waals surface area contributed by atoms with Gasteiger partial charge in [-0.05, 0) is 47.9 Å². The Balaban J connectivity index is 1.55. The van der Waals surface area contributed by atoms with E-state index in [2.05, 4.69) is 40.0 Å². The zero-order valence-corrected chi connectivity index (χ0v) is 22.7. The number of para-hydroxylation sites is 1. The van der Waals surface area contributed by atoms with Crippen LogP contribution < -0.4 is 10.2 Å². The average molecular weight is 585 g/mol. The minimum Gasteiger partial charge on any atom is -0.355 e. The molecule has 0 spiro atoms. The molecule has 0 aliphatic heterocycles. The predicted molar refractivity (Wildman–Crippen MR) is 148 cm³/mol. The van der Waals surface area contributed by atoms with Crippen molar-refractivity contribution < 1.29 is 18.0 Å². The number of nitrogens with one attached hydrogen (secondary N) is 1. The van der Waals surface area contributed by atoms with Crippen LogP contribution in [0.5, 0.6) is 0 Å². The van der Waals surface area contributed by atoms with Crippen LogP contribution in [0.25, 0.3) is 22.3 Å². The Morgan fingerprint density at radius 2 is 1.76 bits per heavy atom. The van der Waals surface area contributed by atoms with Gasteiger partial charge in [-0.1, -0.05) is 66.2 Å². The van der Waals surface area contributed by atoms with E-state index in [1.54, 1.807) is 6.07 Å². The number of hydrogen-bond donors (Lipinski definition) is 1. The van der Waals surface area contributed by atoms with Crippen molar-refractivity contribution in [1.29, 1.82) is 0 Å². The van der Waals surface area contributed by atoms with Crippen LogP contribution in [0.1, 0.15) is 31.4 Å². The third-order valence-corrected chi connectivity index (χ3v) is 6.40. The molecule has 0 aliphatic rings. The Kier molecular flexibility index (Phi) is 8.66. The molecule has 1 heterocycles. The number of anilines is 1. The van der Waals surface area contributed by atoms with Gasteiger partial charge in [0, 0.05) is 41.5 Å². The quantitative estimate of drug-likeness (QED) is 0.225. The molecule has 5 nitrogen and oxygen atoms in total. The third kappa shape index (κ3) is 7.10. The van der Waals surface area contributed by atoms with E-state index in [1.165, 1.54) is 6.07 Å². The molecular weight excluding hydrogens is 557 g/mol. The van der Waals surface area contributed by atoms with Crippen molar-refractivity contribution in [2.45, 2.75) is 33.0 Å². The van der Waals surface area contributed by atoms with Gasteiger partial charge in [0.2, 0.25) is 5.91 Å². The molecule has 4 aromatic rings. The van der Waals surface area contributed by atoms with E-state index in [-0.39, 0.29) is 18.9 Å². The fourth-order valence-corrected chi connectivity index (χ4v) is 4.56. The van der Waals surface area contributed by atoms with E-state index in [4.69, 9.17) is 9.97 Å². The van der Waals surface area contributed by atoms with E-state index in [1.807, 2.05) is 48.5 Å². The van der Waals surface area contributed by atoms with Gasteiger partial charge in [0.25, 0.3) is 0 Å². The van der Waals surface area contributed by atoms with E-state index in [0.717, 1.165) is 38.9 Å². The summed E-state index contributed by atoms with van der Waals surface area (Å²) in [5.74, 6) is 1.38. The Hall–Kier alpha value is -3.46. The first-order valence-corrected chi connectivity index (χ1v) is 13.1. The molecule has 1 aromatic heterocycles. The number of fused-ring (bicyclic) bond motifs is 1. The number of aromatic nitrogens is 2. The first-order chi connectivity index (χ1) is 18.1. The van der Waals surface area contributed by atoms with Crippen LogP contribution in [0.2, 0.25) is 0 Å². The number of benzene rings is 3. The van der Waals surface area contributed by atoms with Crippen molar-refractivity contribution >= 4 is 38.6 Å². The summed E-state index contributed by atoms with van der Waals surface area (Å²) in [6, 6.07) is 20.5. The number of rotatable bonds is 9. The molecule has 0 saturated heterocycles. The highest BCUT2D eigenvalue weighted by Gasteiger charge is 2.30. The van der Waals surface area contributed by atoms with Crippen molar-refractivity contribution in [3.05, 3.63) is 88.4 Å². The van der Waals surface area contributed by atoms with E-state index in [9.17, 15) is 18.0 Å². The van der Waals surface area contributed by atoms with E-state index in [0.29, 0.717) is 30.4 Å². The second kappa shape index (κ2) is 11.9. The highest BCUT2D eigenvalue weighted by atomic mass is 79.9. The van der Waals surface area contributed by atoms with Crippen LogP contribution >= 0.6 is 15.9 Å². The smallest absolute Gasteiger partial charge is 0.355 e. The molecule has 0 fully saturated rings. The molecule has 1 amide bonds. The molecule has 0 aliphatic carbocycles. The van der Waals surface area contributed by atoms with Gasteiger partial charge in [0.1, 0.15) is 5.82 Å². The number of halogens is 4. The number of amides is 1. The van der Waals surface area contributed by atoms with Gasteiger partial charge in [-0.2, -0.15) is 13.2 Å². The summed E-state index contributed by atoms with van der Waals surface area (Å²) < 4.78 is 39.9. The van der Waals surface area contributed by atoms with E-state index < -0.39 is 11.7 Å². The molecule has 38 heavy (non-hydrogen) atoms. The highest BCUT2D eigenvalue weighted by Crippen LogP contribution is 2.30. The summed E-state index contributed by atoms with van der Waals surface area (Å²) in [7, 11) is 0. The second-order valence-corrected chi connectivity index (χ2v) is 10.4. The lowest BCUT2D eigenvalue weighted by Gasteiger charge is -2.27. The Morgan fingerprint density at radius 1 is 1.00 bits per heavy atom.